The Labute approximate surface area is 107 Å². The summed E-state index contributed by atoms with van der Waals surface area (Å²) in [5, 5.41) is 3.21. The Morgan fingerprint density at radius 3 is 3.06 bits per heavy atom. The smallest absolute Gasteiger partial charge is 0.257 e. The van der Waals surface area contributed by atoms with Crippen LogP contribution < -0.4 is 10.2 Å². The fourth-order valence-electron chi connectivity index (χ4n) is 2.78. The van der Waals surface area contributed by atoms with Crippen molar-refractivity contribution in [2.75, 3.05) is 24.6 Å². The predicted octanol–water partition coefficient (Wildman–Crippen LogP) is 0.953. The molecule has 18 heavy (non-hydrogen) atoms. The Morgan fingerprint density at radius 2 is 2.28 bits per heavy atom. The summed E-state index contributed by atoms with van der Waals surface area (Å²) in [6, 6.07) is 8.35. The van der Waals surface area contributed by atoms with E-state index in [-0.39, 0.29) is 18.1 Å². The summed E-state index contributed by atoms with van der Waals surface area (Å²) in [6.07, 6.45) is 0.592. The average molecular weight is 246 g/mol. The van der Waals surface area contributed by atoms with Crippen molar-refractivity contribution in [1.29, 1.82) is 0 Å². The van der Waals surface area contributed by atoms with Gasteiger partial charge < -0.3 is 15.0 Å². The molecule has 0 bridgehead atoms. The van der Waals surface area contributed by atoms with Crippen LogP contribution in [0.15, 0.2) is 24.3 Å². The van der Waals surface area contributed by atoms with E-state index in [0.29, 0.717) is 13.2 Å². The molecule has 1 aromatic rings. The van der Waals surface area contributed by atoms with E-state index in [1.807, 2.05) is 23.1 Å². The Bertz CT molecular complexity index is 455. The second-order valence-electron chi connectivity index (χ2n) is 4.95. The van der Waals surface area contributed by atoms with E-state index >= 15 is 0 Å². The van der Waals surface area contributed by atoms with E-state index in [1.165, 1.54) is 5.56 Å². The topological polar surface area (TPSA) is 41.6 Å². The number of fused-ring (bicyclic) bond motifs is 1. The largest absolute Gasteiger partial charge is 0.366 e. The van der Waals surface area contributed by atoms with Crippen molar-refractivity contribution in [1.82, 2.24) is 5.32 Å². The van der Waals surface area contributed by atoms with Crippen LogP contribution in [0.1, 0.15) is 12.5 Å². The minimum absolute atomic E-state index is 0.0830. The Morgan fingerprint density at radius 1 is 1.44 bits per heavy atom. The molecule has 2 heterocycles. The summed E-state index contributed by atoms with van der Waals surface area (Å²) in [7, 11) is 0. The zero-order chi connectivity index (χ0) is 12.5. The molecule has 4 nitrogen and oxygen atoms in total. The van der Waals surface area contributed by atoms with E-state index in [1.54, 1.807) is 0 Å². The third kappa shape index (κ3) is 1.91. The lowest BCUT2D eigenvalue weighted by atomic mass is 10.1. The van der Waals surface area contributed by atoms with Crippen molar-refractivity contribution in [3.8, 4) is 0 Å². The van der Waals surface area contributed by atoms with Crippen molar-refractivity contribution in [3.63, 3.8) is 0 Å². The summed E-state index contributed by atoms with van der Waals surface area (Å²) < 4.78 is 5.56. The molecule has 0 spiro atoms. The number of carbonyl (C=O) groups is 1. The van der Waals surface area contributed by atoms with Crippen LogP contribution in [0.3, 0.4) is 0 Å². The third-order valence-corrected chi connectivity index (χ3v) is 3.65. The molecule has 1 aromatic carbocycles. The molecule has 4 heteroatoms. The molecule has 1 amide bonds. The molecule has 2 atom stereocenters. The van der Waals surface area contributed by atoms with Crippen LogP contribution in [0.4, 0.5) is 5.69 Å². The SMILES string of the molecule is C[C@@H]1Cc2ccccc2N1C(=O)[C@H]1CNCCO1. The number of hydrogen-bond acceptors (Lipinski definition) is 3. The van der Waals surface area contributed by atoms with Gasteiger partial charge in [0.05, 0.1) is 6.61 Å². The Hall–Kier alpha value is -1.39. The molecule has 1 fully saturated rings. The average Bonchev–Trinajstić information content (AvgIpc) is 2.75. The van der Waals surface area contributed by atoms with Crippen molar-refractivity contribution in [3.05, 3.63) is 29.8 Å². The number of nitrogens with one attached hydrogen (secondary N) is 1. The van der Waals surface area contributed by atoms with Crippen molar-refractivity contribution < 1.29 is 9.53 Å². The zero-order valence-corrected chi connectivity index (χ0v) is 10.6. The molecular formula is C14H18N2O2. The summed E-state index contributed by atoms with van der Waals surface area (Å²) in [5.74, 6) is 0.0830. The number of carbonyl (C=O) groups excluding carboxylic acids is 1. The van der Waals surface area contributed by atoms with Gasteiger partial charge in [-0.05, 0) is 25.0 Å². The lowest BCUT2D eigenvalue weighted by Gasteiger charge is -2.30. The third-order valence-electron chi connectivity index (χ3n) is 3.65. The standard InChI is InChI=1S/C14H18N2O2/c1-10-8-11-4-2-3-5-12(11)16(10)14(17)13-9-15-6-7-18-13/h2-5,10,13,15H,6-9H2,1H3/t10-,13-/m1/s1. The van der Waals surface area contributed by atoms with Gasteiger partial charge in [0.25, 0.3) is 5.91 Å². The van der Waals surface area contributed by atoms with E-state index in [4.69, 9.17) is 4.74 Å². The minimum Gasteiger partial charge on any atom is -0.366 e. The number of para-hydroxylation sites is 1. The van der Waals surface area contributed by atoms with Crippen molar-refractivity contribution in [2.45, 2.75) is 25.5 Å². The number of ether oxygens (including phenoxy) is 1. The van der Waals surface area contributed by atoms with Gasteiger partial charge in [-0.2, -0.15) is 0 Å². The number of nitrogens with zero attached hydrogens (tertiary/aromatic N) is 1. The van der Waals surface area contributed by atoms with E-state index in [2.05, 4.69) is 18.3 Å². The first-order valence-corrected chi connectivity index (χ1v) is 6.50. The molecule has 0 unspecified atom stereocenters. The maximum atomic E-state index is 12.5. The maximum absolute atomic E-state index is 12.5. The Kier molecular flexibility index (Phi) is 3.06. The lowest BCUT2D eigenvalue weighted by molar-refractivity contribution is -0.131. The number of rotatable bonds is 1. The van der Waals surface area contributed by atoms with Crippen molar-refractivity contribution in [2.24, 2.45) is 0 Å². The predicted molar refractivity (Wildman–Crippen MR) is 69.7 cm³/mol. The van der Waals surface area contributed by atoms with Crippen LogP contribution in [0.2, 0.25) is 0 Å². The van der Waals surface area contributed by atoms with Gasteiger partial charge in [0.15, 0.2) is 0 Å². The molecule has 2 aliphatic heterocycles. The second-order valence-corrected chi connectivity index (χ2v) is 4.95. The molecule has 0 aromatic heterocycles. The first kappa shape index (κ1) is 11.7. The molecule has 1 N–H and O–H groups in total. The number of benzene rings is 1. The van der Waals surface area contributed by atoms with Gasteiger partial charge in [-0.1, -0.05) is 18.2 Å². The number of hydrogen-bond donors (Lipinski definition) is 1. The molecule has 96 valence electrons. The van der Waals surface area contributed by atoms with Crippen molar-refractivity contribution >= 4 is 11.6 Å². The second kappa shape index (κ2) is 4.71. The summed E-state index contributed by atoms with van der Waals surface area (Å²) >= 11 is 0. The van der Waals surface area contributed by atoms with Crippen LogP contribution in [0, 0.1) is 0 Å². The molecule has 3 rings (SSSR count). The summed E-state index contributed by atoms with van der Waals surface area (Å²) in [5.41, 5.74) is 2.30. The fourth-order valence-corrected chi connectivity index (χ4v) is 2.78. The molecule has 1 saturated heterocycles. The van der Waals surface area contributed by atoms with Crippen LogP contribution >= 0.6 is 0 Å². The zero-order valence-electron chi connectivity index (χ0n) is 10.6. The monoisotopic (exact) mass is 246 g/mol. The summed E-state index contributed by atoms with van der Waals surface area (Å²) in [4.78, 5) is 14.4. The Balaban J connectivity index is 1.85. The molecule has 0 radical (unpaired) electrons. The van der Waals surface area contributed by atoms with Crippen LogP contribution in [0.25, 0.3) is 0 Å². The van der Waals surface area contributed by atoms with E-state index in [9.17, 15) is 4.79 Å². The molecule has 0 aliphatic carbocycles. The molecule has 2 aliphatic rings. The number of amides is 1. The molecule has 0 saturated carbocycles. The highest BCUT2D eigenvalue weighted by molar-refractivity contribution is 5.99. The lowest BCUT2D eigenvalue weighted by Crippen LogP contribution is -2.51. The minimum atomic E-state index is -0.340. The first-order chi connectivity index (χ1) is 8.77. The van der Waals surface area contributed by atoms with Crippen LogP contribution in [-0.4, -0.2) is 37.7 Å². The normalized spacial score (nSPS) is 27.1. The van der Waals surface area contributed by atoms with E-state index in [0.717, 1.165) is 18.7 Å². The maximum Gasteiger partial charge on any atom is 0.257 e. The van der Waals surface area contributed by atoms with Gasteiger partial charge in [-0.15, -0.1) is 0 Å². The van der Waals surface area contributed by atoms with Gasteiger partial charge in [-0.25, -0.2) is 0 Å². The van der Waals surface area contributed by atoms with E-state index < -0.39 is 0 Å². The van der Waals surface area contributed by atoms with Gasteiger partial charge in [0.1, 0.15) is 6.10 Å². The summed E-state index contributed by atoms with van der Waals surface area (Å²) in [6.45, 7) is 4.15. The fraction of sp³-hybridized carbons (Fsp3) is 0.500. The van der Waals surface area contributed by atoms with Gasteiger partial charge in [0, 0.05) is 24.8 Å². The van der Waals surface area contributed by atoms with Crippen LogP contribution in [0.5, 0.6) is 0 Å². The highest BCUT2D eigenvalue weighted by Gasteiger charge is 2.35. The van der Waals surface area contributed by atoms with Crippen LogP contribution in [-0.2, 0) is 16.0 Å². The first-order valence-electron chi connectivity index (χ1n) is 6.50. The van der Waals surface area contributed by atoms with Gasteiger partial charge >= 0.3 is 0 Å². The van der Waals surface area contributed by atoms with Gasteiger partial charge in [-0.3, -0.25) is 4.79 Å². The number of anilines is 1. The molecular weight excluding hydrogens is 228 g/mol. The number of morpholine rings is 1. The highest BCUT2D eigenvalue weighted by Crippen LogP contribution is 2.32. The quantitative estimate of drug-likeness (QED) is 0.802. The highest BCUT2D eigenvalue weighted by atomic mass is 16.5. The van der Waals surface area contributed by atoms with Gasteiger partial charge in [0.2, 0.25) is 0 Å².